The highest BCUT2D eigenvalue weighted by Gasteiger charge is 2.16. The Balaban J connectivity index is 2.29. The Hall–Kier alpha value is -2.08. The van der Waals surface area contributed by atoms with E-state index in [1.165, 1.54) is 6.07 Å². The molecule has 0 atom stereocenters. The molecule has 0 aromatic heterocycles. The molecule has 0 N–H and O–H groups in total. The number of hydrogen-bond acceptors (Lipinski definition) is 4. The van der Waals surface area contributed by atoms with Crippen molar-refractivity contribution in [2.45, 2.75) is 5.33 Å². The molecule has 0 heterocycles. The van der Waals surface area contributed by atoms with Gasteiger partial charge < -0.3 is 9.47 Å². The fraction of sp³-hybridized carbons (Fsp3) is 0.143. The van der Waals surface area contributed by atoms with Gasteiger partial charge in [0.25, 0.3) is 0 Å². The summed E-state index contributed by atoms with van der Waals surface area (Å²) in [6.45, 7) is 0. The van der Waals surface area contributed by atoms with Crippen LogP contribution >= 0.6 is 15.9 Å². The summed E-state index contributed by atoms with van der Waals surface area (Å²) in [6, 6.07) is 11.7. The van der Waals surface area contributed by atoms with Crippen LogP contribution in [0, 0.1) is 10.1 Å². The average Bonchev–Trinajstić information content (AvgIpc) is 2.48. The van der Waals surface area contributed by atoms with Gasteiger partial charge in [0.15, 0.2) is 0 Å². The number of halogens is 1. The van der Waals surface area contributed by atoms with Crippen molar-refractivity contribution in [2.24, 2.45) is 0 Å². The molecule has 0 spiro atoms. The molecule has 0 amide bonds. The number of nitro benzene ring substituents is 1. The fourth-order valence-electron chi connectivity index (χ4n) is 1.65. The first-order valence-corrected chi connectivity index (χ1v) is 6.91. The Morgan fingerprint density at radius 1 is 1.15 bits per heavy atom. The number of methoxy groups -OCH3 is 1. The fourth-order valence-corrected chi connectivity index (χ4v) is 1.99. The second-order valence-corrected chi connectivity index (χ2v) is 4.53. The van der Waals surface area contributed by atoms with E-state index in [-0.39, 0.29) is 11.4 Å². The number of benzene rings is 2. The summed E-state index contributed by atoms with van der Waals surface area (Å²) in [6.07, 6.45) is 0. The Labute approximate surface area is 124 Å². The second kappa shape index (κ2) is 6.38. The van der Waals surface area contributed by atoms with Crippen LogP contribution in [0.15, 0.2) is 42.5 Å². The van der Waals surface area contributed by atoms with E-state index in [9.17, 15) is 10.1 Å². The largest absolute Gasteiger partial charge is 0.497 e. The van der Waals surface area contributed by atoms with Crippen molar-refractivity contribution in [3.8, 4) is 17.2 Å². The number of rotatable bonds is 5. The Morgan fingerprint density at radius 3 is 2.35 bits per heavy atom. The lowest BCUT2D eigenvalue weighted by Gasteiger charge is -2.08. The van der Waals surface area contributed by atoms with Crippen molar-refractivity contribution in [2.75, 3.05) is 7.11 Å². The molecule has 0 aliphatic carbocycles. The third kappa shape index (κ3) is 3.27. The highest BCUT2D eigenvalue weighted by Crippen LogP contribution is 2.33. The van der Waals surface area contributed by atoms with E-state index in [0.29, 0.717) is 16.8 Å². The zero-order valence-corrected chi connectivity index (χ0v) is 12.3. The van der Waals surface area contributed by atoms with E-state index in [2.05, 4.69) is 15.9 Å². The first kappa shape index (κ1) is 14.3. The van der Waals surface area contributed by atoms with Crippen LogP contribution in [0.1, 0.15) is 5.56 Å². The van der Waals surface area contributed by atoms with Gasteiger partial charge in [-0.3, -0.25) is 10.1 Å². The molecule has 0 aliphatic heterocycles. The normalized spacial score (nSPS) is 10.1. The Kier molecular flexibility index (Phi) is 4.57. The first-order chi connectivity index (χ1) is 9.63. The minimum atomic E-state index is -0.453. The molecule has 0 saturated carbocycles. The van der Waals surface area contributed by atoms with Gasteiger partial charge in [0.1, 0.15) is 11.5 Å². The maximum atomic E-state index is 11.1. The monoisotopic (exact) mass is 337 g/mol. The summed E-state index contributed by atoms with van der Waals surface area (Å²) in [5, 5.41) is 11.6. The molecule has 2 rings (SSSR count). The lowest BCUT2D eigenvalue weighted by Crippen LogP contribution is -1.95. The van der Waals surface area contributed by atoms with Gasteiger partial charge in [-0.2, -0.15) is 0 Å². The zero-order chi connectivity index (χ0) is 14.5. The molecular formula is C14H12BrNO4. The molecule has 0 aliphatic rings. The molecule has 2 aromatic carbocycles. The quantitative estimate of drug-likeness (QED) is 0.463. The van der Waals surface area contributed by atoms with E-state index in [0.717, 1.165) is 5.56 Å². The topological polar surface area (TPSA) is 61.6 Å². The van der Waals surface area contributed by atoms with Gasteiger partial charge in [-0.05, 0) is 35.9 Å². The third-order valence-electron chi connectivity index (χ3n) is 2.66. The van der Waals surface area contributed by atoms with Crippen molar-refractivity contribution in [1.82, 2.24) is 0 Å². The molecule has 0 radical (unpaired) electrons. The maximum absolute atomic E-state index is 11.1. The first-order valence-electron chi connectivity index (χ1n) is 5.79. The summed E-state index contributed by atoms with van der Waals surface area (Å²) >= 11 is 3.27. The highest BCUT2D eigenvalue weighted by molar-refractivity contribution is 9.08. The van der Waals surface area contributed by atoms with Crippen molar-refractivity contribution >= 4 is 21.6 Å². The highest BCUT2D eigenvalue weighted by atomic mass is 79.9. The summed E-state index contributed by atoms with van der Waals surface area (Å²) < 4.78 is 10.6. The minimum absolute atomic E-state index is 0.0576. The predicted molar refractivity (Wildman–Crippen MR) is 78.8 cm³/mol. The number of alkyl halides is 1. The van der Waals surface area contributed by atoms with E-state index in [4.69, 9.17) is 9.47 Å². The van der Waals surface area contributed by atoms with E-state index >= 15 is 0 Å². The van der Waals surface area contributed by atoms with Crippen molar-refractivity contribution in [3.05, 3.63) is 58.1 Å². The molecule has 0 fully saturated rings. The number of nitrogens with zero attached hydrogens (tertiary/aromatic N) is 1. The van der Waals surface area contributed by atoms with E-state index < -0.39 is 4.92 Å². The summed E-state index contributed by atoms with van der Waals surface area (Å²) in [7, 11) is 1.57. The number of nitro groups is 1. The van der Waals surface area contributed by atoms with Crippen molar-refractivity contribution in [1.29, 1.82) is 0 Å². The zero-order valence-electron chi connectivity index (χ0n) is 10.7. The molecule has 0 bridgehead atoms. The molecule has 0 unspecified atom stereocenters. The van der Waals surface area contributed by atoms with Crippen LogP contribution in [-0.2, 0) is 5.33 Å². The van der Waals surface area contributed by atoms with Crippen LogP contribution in [0.25, 0.3) is 0 Å². The Bertz CT molecular complexity index is 613. The number of hydrogen-bond donors (Lipinski definition) is 0. The van der Waals surface area contributed by atoms with Gasteiger partial charge in [0.05, 0.1) is 12.0 Å². The van der Waals surface area contributed by atoms with Gasteiger partial charge in [-0.1, -0.05) is 22.0 Å². The van der Waals surface area contributed by atoms with Crippen LogP contribution in [0.2, 0.25) is 0 Å². The molecule has 20 heavy (non-hydrogen) atoms. The van der Waals surface area contributed by atoms with Gasteiger partial charge >= 0.3 is 5.69 Å². The molecule has 104 valence electrons. The molecule has 5 nitrogen and oxygen atoms in total. The lowest BCUT2D eigenvalue weighted by molar-refractivity contribution is -0.385. The SMILES string of the molecule is COc1ccc(Oc2ccc(CBr)cc2[N+](=O)[O-])cc1. The molecule has 6 heteroatoms. The summed E-state index contributed by atoms with van der Waals surface area (Å²) in [5.74, 6) is 1.42. The molecule has 2 aromatic rings. The summed E-state index contributed by atoms with van der Waals surface area (Å²) in [4.78, 5) is 10.6. The standard InChI is InChI=1S/C14H12BrNO4/c1-19-11-3-5-12(6-4-11)20-14-7-2-10(9-15)8-13(14)16(17)18/h2-8H,9H2,1H3. The van der Waals surface area contributed by atoms with Crippen molar-refractivity contribution in [3.63, 3.8) is 0 Å². The lowest BCUT2D eigenvalue weighted by atomic mass is 10.2. The second-order valence-electron chi connectivity index (χ2n) is 3.97. The van der Waals surface area contributed by atoms with E-state index in [1.54, 1.807) is 43.5 Å². The number of ether oxygens (including phenoxy) is 2. The van der Waals surface area contributed by atoms with Crippen LogP contribution in [0.4, 0.5) is 5.69 Å². The van der Waals surface area contributed by atoms with Crippen LogP contribution in [0.5, 0.6) is 17.2 Å². The molecule has 0 saturated heterocycles. The maximum Gasteiger partial charge on any atom is 0.311 e. The van der Waals surface area contributed by atoms with Crippen LogP contribution in [0.3, 0.4) is 0 Å². The third-order valence-corrected chi connectivity index (χ3v) is 3.31. The van der Waals surface area contributed by atoms with Gasteiger partial charge in [-0.25, -0.2) is 0 Å². The smallest absolute Gasteiger partial charge is 0.311 e. The average molecular weight is 338 g/mol. The molecular weight excluding hydrogens is 326 g/mol. The summed E-state index contributed by atoms with van der Waals surface area (Å²) in [5.41, 5.74) is 0.761. The van der Waals surface area contributed by atoms with Gasteiger partial charge in [0, 0.05) is 11.4 Å². The van der Waals surface area contributed by atoms with Gasteiger partial charge in [-0.15, -0.1) is 0 Å². The predicted octanol–water partition coefficient (Wildman–Crippen LogP) is 4.29. The van der Waals surface area contributed by atoms with Crippen LogP contribution in [-0.4, -0.2) is 12.0 Å². The Morgan fingerprint density at radius 2 is 1.80 bits per heavy atom. The van der Waals surface area contributed by atoms with Gasteiger partial charge in [0.2, 0.25) is 5.75 Å². The van der Waals surface area contributed by atoms with Crippen molar-refractivity contribution < 1.29 is 14.4 Å². The van der Waals surface area contributed by atoms with E-state index in [1.807, 2.05) is 0 Å². The minimum Gasteiger partial charge on any atom is -0.497 e. The van der Waals surface area contributed by atoms with Crippen LogP contribution < -0.4 is 9.47 Å².